The topological polar surface area (TPSA) is 57.2 Å². The Kier molecular flexibility index (Phi) is 10.8. The third-order valence-corrected chi connectivity index (χ3v) is 8.50. The molecule has 1 N–H and O–H groups in total. The van der Waals surface area contributed by atoms with Crippen LogP contribution in [0.15, 0.2) is 97.1 Å². The molecule has 226 valence electrons. The molecule has 6 heteroatoms. The SMILES string of the molecule is CCOc1ccc(Cc2cc([C@@H]3O[C@H](CC)[C@@H](C)[C@H](OCc4ccccc4)[C@H]3OCc3ccccc3)c(O)cc2Cl)cc1. The van der Waals surface area contributed by atoms with Crippen LogP contribution in [0.5, 0.6) is 11.5 Å². The number of rotatable bonds is 12. The predicted molar refractivity (Wildman–Crippen MR) is 171 cm³/mol. The van der Waals surface area contributed by atoms with Gasteiger partial charge in [0.15, 0.2) is 0 Å². The Bertz CT molecular complexity index is 1430. The summed E-state index contributed by atoms with van der Waals surface area (Å²) < 4.78 is 25.7. The first-order chi connectivity index (χ1) is 21.0. The average Bonchev–Trinajstić information content (AvgIpc) is 3.03. The summed E-state index contributed by atoms with van der Waals surface area (Å²) in [5, 5.41) is 11.8. The zero-order chi connectivity index (χ0) is 30.2. The van der Waals surface area contributed by atoms with Gasteiger partial charge >= 0.3 is 0 Å². The molecule has 0 bridgehead atoms. The van der Waals surface area contributed by atoms with Crippen LogP contribution in [0.2, 0.25) is 5.02 Å². The van der Waals surface area contributed by atoms with E-state index in [1.54, 1.807) is 6.07 Å². The van der Waals surface area contributed by atoms with Crippen LogP contribution in [0.3, 0.4) is 0 Å². The van der Waals surface area contributed by atoms with Crippen LogP contribution in [-0.4, -0.2) is 30.0 Å². The molecule has 0 radical (unpaired) electrons. The highest BCUT2D eigenvalue weighted by Crippen LogP contribution is 2.44. The van der Waals surface area contributed by atoms with E-state index in [-0.39, 0.29) is 23.9 Å². The Balaban J connectivity index is 1.48. The maximum Gasteiger partial charge on any atom is 0.122 e. The van der Waals surface area contributed by atoms with Gasteiger partial charge in [0.1, 0.15) is 23.7 Å². The molecule has 5 atom stereocenters. The second-order valence-electron chi connectivity index (χ2n) is 11.1. The van der Waals surface area contributed by atoms with Gasteiger partial charge in [-0.25, -0.2) is 0 Å². The van der Waals surface area contributed by atoms with Gasteiger partial charge in [0.05, 0.1) is 32.0 Å². The lowest BCUT2D eigenvalue weighted by Crippen LogP contribution is -2.51. The average molecular weight is 601 g/mol. The van der Waals surface area contributed by atoms with Crippen molar-refractivity contribution >= 4 is 11.6 Å². The van der Waals surface area contributed by atoms with Crippen LogP contribution in [0.25, 0.3) is 0 Å². The number of hydrogen-bond acceptors (Lipinski definition) is 5. The molecule has 0 saturated carbocycles. The molecule has 1 fully saturated rings. The fraction of sp³-hybridized carbons (Fsp3) is 0.351. The van der Waals surface area contributed by atoms with E-state index in [2.05, 4.69) is 26.0 Å². The summed E-state index contributed by atoms with van der Waals surface area (Å²) in [6, 6.07) is 31.9. The normalized spacial score (nSPS) is 21.9. The summed E-state index contributed by atoms with van der Waals surface area (Å²) in [5.74, 6) is 0.993. The highest BCUT2D eigenvalue weighted by atomic mass is 35.5. The molecule has 4 aromatic carbocycles. The third kappa shape index (κ3) is 7.79. The standard InChI is InChI=1S/C37H41ClO5/c1-4-34-25(3)35(41-23-27-12-8-6-9-13-27)37(42-24-28-14-10-7-11-15-28)36(43-34)31-21-29(32(38)22-33(31)39)20-26-16-18-30(19-17-26)40-5-2/h6-19,21-22,25,34-37,39H,4-5,20,23-24H2,1-3H3/t25-,34-,35+,36+,37-/m1/s1. The summed E-state index contributed by atoms with van der Waals surface area (Å²) in [4.78, 5) is 0. The highest BCUT2D eigenvalue weighted by Gasteiger charge is 2.46. The van der Waals surface area contributed by atoms with E-state index >= 15 is 0 Å². The lowest BCUT2D eigenvalue weighted by Gasteiger charge is -2.46. The smallest absolute Gasteiger partial charge is 0.122 e. The van der Waals surface area contributed by atoms with Crippen LogP contribution in [0.1, 0.15) is 61.1 Å². The van der Waals surface area contributed by atoms with Crippen molar-refractivity contribution in [2.24, 2.45) is 5.92 Å². The Morgan fingerprint density at radius 3 is 1.95 bits per heavy atom. The zero-order valence-corrected chi connectivity index (χ0v) is 25.9. The second kappa shape index (κ2) is 14.9. The Morgan fingerprint density at radius 2 is 1.37 bits per heavy atom. The third-order valence-electron chi connectivity index (χ3n) is 8.15. The summed E-state index contributed by atoms with van der Waals surface area (Å²) in [6.45, 7) is 7.73. The van der Waals surface area contributed by atoms with Gasteiger partial charge in [-0.2, -0.15) is 0 Å². The van der Waals surface area contributed by atoms with Gasteiger partial charge in [-0.05, 0) is 66.3 Å². The van der Waals surface area contributed by atoms with Gasteiger partial charge < -0.3 is 24.1 Å². The fourth-order valence-corrected chi connectivity index (χ4v) is 6.06. The van der Waals surface area contributed by atoms with Gasteiger partial charge in [-0.3, -0.25) is 0 Å². The van der Waals surface area contributed by atoms with E-state index in [9.17, 15) is 5.11 Å². The molecule has 1 heterocycles. The first-order valence-corrected chi connectivity index (χ1v) is 15.5. The maximum absolute atomic E-state index is 11.3. The summed E-state index contributed by atoms with van der Waals surface area (Å²) in [7, 11) is 0. The molecule has 1 aliphatic rings. The van der Waals surface area contributed by atoms with Crippen LogP contribution in [0, 0.1) is 5.92 Å². The molecule has 0 amide bonds. The Labute approximate surface area is 260 Å². The molecular formula is C37H41ClO5. The lowest BCUT2D eigenvalue weighted by atomic mass is 9.83. The van der Waals surface area contributed by atoms with Gasteiger partial charge in [0.2, 0.25) is 0 Å². The van der Waals surface area contributed by atoms with Crippen molar-refractivity contribution in [1.29, 1.82) is 0 Å². The van der Waals surface area contributed by atoms with E-state index in [1.807, 2.05) is 85.8 Å². The molecule has 0 aromatic heterocycles. The first kappa shape index (κ1) is 31.1. The second-order valence-corrected chi connectivity index (χ2v) is 11.5. The van der Waals surface area contributed by atoms with Crippen LogP contribution in [-0.2, 0) is 33.8 Å². The molecule has 0 aliphatic carbocycles. The van der Waals surface area contributed by atoms with Crippen LogP contribution < -0.4 is 4.74 Å². The van der Waals surface area contributed by atoms with Crippen molar-refractivity contribution in [3.8, 4) is 11.5 Å². The number of halogens is 1. The van der Waals surface area contributed by atoms with Crippen molar-refractivity contribution in [1.82, 2.24) is 0 Å². The van der Waals surface area contributed by atoms with Gasteiger partial charge in [0, 0.05) is 16.5 Å². The van der Waals surface area contributed by atoms with Crippen molar-refractivity contribution in [2.75, 3.05) is 6.61 Å². The summed E-state index contributed by atoms with van der Waals surface area (Å²) in [5.41, 5.74) is 4.80. The minimum atomic E-state index is -0.554. The maximum atomic E-state index is 11.3. The van der Waals surface area contributed by atoms with Crippen LogP contribution >= 0.6 is 11.6 Å². The zero-order valence-electron chi connectivity index (χ0n) is 25.1. The predicted octanol–water partition coefficient (Wildman–Crippen LogP) is 8.69. The summed E-state index contributed by atoms with van der Waals surface area (Å²) in [6.07, 6.45) is 0.0441. The number of aromatic hydroxyl groups is 1. The van der Waals surface area contributed by atoms with Crippen LogP contribution in [0.4, 0.5) is 0 Å². The number of ether oxygens (including phenoxy) is 4. The molecule has 43 heavy (non-hydrogen) atoms. The monoisotopic (exact) mass is 600 g/mol. The van der Waals surface area contributed by atoms with Gasteiger partial charge in [0.25, 0.3) is 0 Å². The fourth-order valence-electron chi connectivity index (χ4n) is 5.83. The van der Waals surface area contributed by atoms with Crippen molar-refractivity contribution in [2.45, 2.75) is 71.2 Å². The van der Waals surface area contributed by atoms with E-state index in [4.69, 9.17) is 30.5 Å². The molecule has 0 unspecified atom stereocenters. The Morgan fingerprint density at radius 1 is 0.767 bits per heavy atom. The molecule has 1 saturated heterocycles. The Hall–Kier alpha value is -3.35. The lowest BCUT2D eigenvalue weighted by molar-refractivity contribution is -0.235. The van der Waals surface area contributed by atoms with E-state index < -0.39 is 12.2 Å². The van der Waals surface area contributed by atoms with E-state index in [0.29, 0.717) is 36.8 Å². The minimum absolute atomic E-state index is 0.0727. The molecule has 5 rings (SSSR count). The number of phenols is 1. The van der Waals surface area contributed by atoms with E-state index in [1.165, 1.54) is 0 Å². The molecular weight excluding hydrogens is 560 g/mol. The number of hydrogen-bond donors (Lipinski definition) is 1. The van der Waals surface area contributed by atoms with Crippen molar-refractivity contribution in [3.05, 3.63) is 130 Å². The number of phenolic OH excluding ortho intramolecular Hbond substituents is 1. The largest absolute Gasteiger partial charge is 0.508 e. The molecule has 5 nitrogen and oxygen atoms in total. The quantitative estimate of drug-likeness (QED) is 0.176. The molecule has 4 aromatic rings. The molecule has 1 aliphatic heterocycles. The van der Waals surface area contributed by atoms with Crippen molar-refractivity contribution < 1.29 is 24.1 Å². The first-order valence-electron chi connectivity index (χ1n) is 15.2. The number of benzene rings is 4. The molecule has 0 spiro atoms. The summed E-state index contributed by atoms with van der Waals surface area (Å²) >= 11 is 6.69. The van der Waals surface area contributed by atoms with Gasteiger partial charge in [-0.15, -0.1) is 0 Å². The highest BCUT2D eigenvalue weighted by molar-refractivity contribution is 6.31. The van der Waals surface area contributed by atoms with E-state index in [0.717, 1.165) is 34.4 Å². The minimum Gasteiger partial charge on any atom is -0.508 e. The van der Waals surface area contributed by atoms with Crippen molar-refractivity contribution in [3.63, 3.8) is 0 Å². The van der Waals surface area contributed by atoms with Gasteiger partial charge in [-0.1, -0.05) is 98.2 Å².